The number of anilines is 1. The first-order valence-corrected chi connectivity index (χ1v) is 9.17. The Hall–Kier alpha value is -2.82. The van der Waals surface area contributed by atoms with Crippen LogP contribution in [0.1, 0.15) is 57.5 Å². The van der Waals surface area contributed by atoms with Crippen LogP contribution in [0.5, 0.6) is 5.75 Å². The molecule has 2 aliphatic rings. The lowest BCUT2D eigenvalue weighted by Gasteiger charge is -2.17. The highest BCUT2D eigenvalue weighted by molar-refractivity contribution is 6.07. The summed E-state index contributed by atoms with van der Waals surface area (Å²) in [6, 6.07) is 10.7. The molecule has 0 atom stereocenters. The van der Waals surface area contributed by atoms with E-state index in [1.807, 2.05) is 0 Å². The molecule has 3 N–H and O–H groups in total. The van der Waals surface area contributed by atoms with Crippen LogP contribution in [-0.2, 0) is 12.8 Å². The predicted molar refractivity (Wildman–Crippen MR) is 99.6 cm³/mol. The number of aryl methyl sites for hydroxylation is 2. The zero-order chi connectivity index (χ0) is 18.1. The Morgan fingerprint density at radius 2 is 1.69 bits per heavy atom. The minimum absolute atomic E-state index is 0.00535. The predicted octanol–water partition coefficient (Wildman–Crippen LogP) is 3.42. The molecule has 5 heteroatoms. The van der Waals surface area contributed by atoms with Crippen molar-refractivity contribution in [1.82, 2.24) is 5.32 Å². The van der Waals surface area contributed by atoms with Crippen molar-refractivity contribution in [2.45, 2.75) is 44.6 Å². The SMILES string of the molecule is O=C(NC1CC1)c1cccc(NC(=O)c2cc3c(cc2O)CCCC3)c1. The minimum Gasteiger partial charge on any atom is -0.507 e. The molecule has 0 unspecified atom stereocenters. The Morgan fingerprint density at radius 1 is 0.962 bits per heavy atom. The molecular weight excluding hydrogens is 328 g/mol. The van der Waals surface area contributed by atoms with Gasteiger partial charge < -0.3 is 15.7 Å². The average Bonchev–Trinajstić information content (AvgIpc) is 3.45. The van der Waals surface area contributed by atoms with E-state index in [-0.39, 0.29) is 29.2 Å². The van der Waals surface area contributed by atoms with Crippen LogP contribution in [0, 0.1) is 0 Å². The fourth-order valence-electron chi connectivity index (χ4n) is 3.39. The number of phenols is 1. The summed E-state index contributed by atoms with van der Waals surface area (Å²) in [7, 11) is 0. The summed E-state index contributed by atoms with van der Waals surface area (Å²) in [6.45, 7) is 0. The first kappa shape index (κ1) is 16.6. The largest absolute Gasteiger partial charge is 0.507 e. The molecule has 1 saturated carbocycles. The molecule has 2 aromatic rings. The van der Waals surface area contributed by atoms with Crippen molar-refractivity contribution in [3.8, 4) is 5.75 Å². The van der Waals surface area contributed by atoms with E-state index in [4.69, 9.17) is 0 Å². The Kier molecular flexibility index (Phi) is 4.37. The Labute approximate surface area is 152 Å². The molecule has 26 heavy (non-hydrogen) atoms. The zero-order valence-electron chi connectivity index (χ0n) is 14.5. The smallest absolute Gasteiger partial charge is 0.259 e. The van der Waals surface area contributed by atoms with Crippen molar-refractivity contribution in [2.75, 3.05) is 5.32 Å². The minimum atomic E-state index is -0.365. The van der Waals surface area contributed by atoms with Crippen LogP contribution in [0.4, 0.5) is 5.69 Å². The highest BCUT2D eigenvalue weighted by Crippen LogP contribution is 2.29. The Bertz CT molecular complexity index is 872. The summed E-state index contributed by atoms with van der Waals surface area (Å²) in [5.74, 6) is -0.485. The fraction of sp³-hybridized carbons (Fsp3) is 0.333. The van der Waals surface area contributed by atoms with E-state index in [0.29, 0.717) is 11.3 Å². The molecule has 2 aliphatic carbocycles. The van der Waals surface area contributed by atoms with E-state index in [1.54, 1.807) is 36.4 Å². The number of benzene rings is 2. The number of phenolic OH excluding ortho intramolecular Hbond substituents is 1. The number of hydrogen-bond acceptors (Lipinski definition) is 3. The maximum Gasteiger partial charge on any atom is 0.259 e. The average molecular weight is 350 g/mol. The molecule has 0 spiro atoms. The van der Waals surface area contributed by atoms with Gasteiger partial charge in [-0.25, -0.2) is 0 Å². The van der Waals surface area contributed by atoms with Crippen LogP contribution in [0.3, 0.4) is 0 Å². The lowest BCUT2D eigenvalue weighted by Crippen LogP contribution is -2.25. The summed E-state index contributed by atoms with van der Waals surface area (Å²) in [4.78, 5) is 24.8. The van der Waals surface area contributed by atoms with Crippen LogP contribution < -0.4 is 10.6 Å². The molecule has 5 nitrogen and oxygen atoms in total. The topological polar surface area (TPSA) is 78.4 Å². The molecule has 0 radical (unpaired) electrons. The van der Waals surface area contributed by atoms with Crippen molar-refractivity contribution >= 4 is 17.5 Å². The van der Waals surface area contributed by atoms with Gasteiger partial charge in [-0.15, -0.1) is 0 Å². The first-order chi connectivity index (χ1) is 12.6. The van der Waals surface area contributed by atoms with Gasteiger partial charge in [0.15, 0.2) is 0 Å². The van der Waals surface area contributed by atoms with Crippen molar-refractivity contribution in [3.63, 3.8) is 0 Å². The number of nitrogens with one attached hydrogen (secondary N) is 2. The van der Waals surface area contributed by atoms with Gasteiger partial charge in [-0.1, -0.05) is 6.07 Å². The number of fused-ring (bicyclic) bond motifs is 1. The summed E-state index contributed by atoms with van der Waals surface area (Å²) < 4.78 is 0. The van der Waals surface area contributed by atoms with Gasteiger partial charge in [0.05, 0.1) is 5.56 Å². The van der Waals surface area contributed by atoms with Gasteiger partial charge in [0.25, 0.3) is 11.8 Å². The third kappa shape index (κ3) is 3.57. The van der Waals surface area contributed by atoms with Crippen molar-refractivity contribution < 1.29 is 14.7 Å². The number of hydrogen-bond donors (Lipinski definition) is 3. The molecule has 1 fully saturated rings. The third-order valence-electron chi connectivity index (χ3n) is 5.00. The fourth-order valence-corrected chi connectivity index (χ4v) is 3.39. The van der Waals surface area contributed by atoms with E-state index < -0.39 is 0 Å². The number of carbonyl (C=O) groups excluding carboxylic acids is 2. The molecule has 2 amide bonds. The summed E-state index contributed by atoms with van der Waals surface area (Å²) in [5.41, 5.74) is 3.60. The van der Waals surface area contributed by atoms with Gasteiger partial charge in [0.1, 0.15) is 5.75 Å². The first-order valence-electron chi connectivity index (χ1n) is 9.17. The van der Waals surface area contributed by atoms with Gasteiger partial charge >= 0.3 is 0 Å². The quantitative estimate of drug-likeness (QED) is 0.791. The Morgan fingerprint density at radius 3 is 2.42 bits per heavy atom. The summed E-state index contributed by atoms with van der Waals surface area (Å²) in [5, 5.41) is 16.0. The van der Waals surface area contributed by atoms with E-state index in [0.717, 1.165) is 49.7 Å². The van der Waals surface area contributed by atoms with E-state index >= 15 is 0 Å². The lowest BCUT2D eigenvalue weighted by molar-refractivity contribution is 0.0949. The lowest BCUT2D eigenvalue weighted by atomic mass is 9.90. The number of amides is 2. The standard InChI is InChI=1S/C21H22N2O3/c24-19-12-14-5-2-1-4-13(14)11-18(19)21(26)23-17-7-3-6-15(10-17)20(25)22-16-8-9-16/h3,6-7,10-12,16,24H,1-2,4-5,8-9H2,(H,22,25)(H,23,26). The summed E-state index contributed by atoms with van der Waals surface area (Å²) in [6.07, 6.45) is 6.17. The highest BCUT2D eigenvalue weighted by atomic mass is 16.3. The second-order valence-corrected chi connectivity index (χ2v) is 7.13. The van der Waals surface area contributed by atoms with Gasteiger partial charge in [0.2, 0.25) is 0 Å². The van der Waals surface area contributed by atoms with Crippen LogP contribution in [-0.4, -0.2) is 23.0 Å². The molecule has 0 heterocycles. The number of carbonyl (C=O) groups is 2. The number of aromatic hydroxyl groups is 1. The molecule has 4 rings (SSSR count). The second-order valence-electron chi connectivity index (χ2n) is 7.13. The van der Waals surface area contributed by atoms with Crippen LogP contribution in [0.2, 0.25) is 0 Å². The molecule has 0 aliphatic heterocycles. The third-order valence-corrected chi connectivity index (χ3v) is 5.00. The molecule has 0 saturated heterocycles. The maximum atomic E-state index is 12.6. The van der Waals surface area contributed by atoms with E-state index in [2.05, 4.69) is 10.6 Å². The van der Waals surface area contributed by atoms with Crippen LogP contribution in [0.15, 0.2) is 36.4 Å². The zero-order valence-corrected chi connectivity index (χ0v) is 14.5. The highest BCUT2D eigenvalue weighted by Gasteiger charge is 2.24. The molecule has 2 aromatic carbocycles. The van der Waals surface area contributed by atoms with Crippen molar-refractivity contribution in [3.05, 3.63) is 58.7 Å². The van der Waals surface area contributed by atoms with Gasteiger partial charge in [-0.3, -0.25) is 9.59 Å². The van der Waals surface area contributed by atoms with Gasteiger partial charge in [0, 0.05) is 17.3 Å². The van der Waals surface area contributed by atoms with Crippen LogP contribution >= 0.6 is 0 Å². The second kappa shape index (κ2) is 6.83. The van der Waals surface area contributed by atoms with Crippen molar-refractivity contribution in [1.29, 1.82) is 0 Å². The monoisotopic (exact) mass is 350 g/mol. The van der Waals surface area contributed by atoms with E-state index in [9.17, 15) is 14.7 Å². The molecule has 0 bridgehead atoms. The Balaban J connectivity index is 1.52. The number of rotatable bonds is 4. The van der Waals surface area contributed by atoms with Gasteiger partial charge in [-0.05, 0) is 80.0 Å². The molecular formula is C21H22N2O3. The van der Waals surface area contributed by atoms with Crippen molar-refractivity contribution in [2.24, 2.45) is 0 Å². The van der Waals surface area contributed by atoms with E-state index in [1.165, 1.54) is 0 Å². The maximum absolute atomic E-state index is 12.6. The normalized spacial score (nSPS) is 15.8. The molecule has 0 aromatic heterocycles. The van der Waals surface area contributed by atoms with Gasteiger partial charge in [-0.2, -0.15) is 0 Å². The summed E-state index contributed by atoms with van der Waals surface area (Å²) >= 11 is 0. The molecule has 134 valence electrons. The van der Waals surface area contributed by atoms with Crippen LogP contribution in [0.25, 0.3) is 0 Å².